The van der Waals surface area contributed by atoms with Gasteiger partial charge in [0.2, 0.25) is 0 Å². The molecule has 1 rings (SSSR count). The van der Waals surface area contributed by atoms with Crippen molar-refractivity contribution < 1.29 is 0 Å². The average molecular weight is 235 g/mol. The molecule has 5 nitrogen and oxygen atoms in total. The Morgan fingerprint density at radius 2 is 2.06 bits per heavy atom. The first-order chi connectivity index (χ1) is 7.91. The molecule has 0 saturated heterocycles. The van der Waals surface area contributed by atoms with Crippen molar-refractivity contribution in [2.45, 2.75) is 39.2 Å². The molecule has 0 saturated carbocycles. The van der Waals surface area contributed by atoms with Gasteiger partial charge in [0.05, 0.1) is 5.84 Å². The predicted molar refractivity (Wildman–Crippen MR) is 70.5 cm³/mol. The highest BCUT2D eigenvalue weighted by molar-refractivity contribution is 5.77. The van der Waals surface area contributed by atoms with Gasteiger partial charge in [0.1, 0.15) is 12.1 Å². The van der Waals surface area contributed by atoms with Crippen LogP contribution in [0.3, 0.4) is 0 Å². The molecule has 94 valence electrons. The van der Waals surface area contributed by atoms with E-state index in [0.717, 1.165) is 11.5 Å². The molecule has 0 fully saturated rings. The Labute approximate surface area is 103 Å². The number of nitrogens with one attached hydrogen (secondary N) is 1. The van der Waals surface area contributed by atoms with E-state index >= 15 is 0 Å². The molecule has 0 aliphatic heterocycles. The summed E-state index contributed by atoms with van der Waals surface area (Å²) in [5.41, 5.74) is 6.44. The van der Waals surface area contributed by atoms with E-state index in [0.29, 0.717) is 12.3 Å². The van der Waals surface area contributed by atoms with E-state index in [1.165, 1.54) is 0 Å². The van der Waals surface area contributed by atoms with E-state index in [4.69, 9.17) is 11.1 Å². The van der Waals surface area contributed by atoms with Crippen LogP contribution in [0.25, 0.3) is 0 Å². The van der Waals surface area contributed by atoms with Crippen LogP contribution in [-0.4, -0.2) is 28.9 Å². The molecule has 0 radical (unpaired) electrons. The second kappa shape index (κ2) is 5.61. The van der Waals surface area contributed by atoms with E-state index < -0.39 is 0 Å². The summed E-state index contributed by atoms with van der Waals surface area (Å²) in [6.45, 7) is 6.23. The van der Waals surface area contributed by atoms with Gasteiger partial charge in [-0.25, -0.2) is 9.97 Å². The molecule has 5 heteroatoms. The van der Waals surface area contributed by atoms with Crippen molar-refractivity contribution in [1.82, 2.24) is 9.97 Å². The molecule has 1 atom stereocenters. The van der Waals surface area contributed by atoms with E-state index in [1.807, 2.05) is 24.9 Å². The van der Waals surface area contributed by atoms with Gasteiger partial charge in [0.25, 0.3) is 0 Å². The first-order valence-electron chi connectivity index (χ1n) is 5.79. The lowest BCUT2D eigenvalue weighted by atomic mass is 10.1. The summed E-state index contributed by atoms with van der Waals surface area (Å²) in [5, 5.41) is 7.31. The third-order valence-corrected chi connectivity index (χ3v) is 2.80. The summed E-state index contributed by atoms with van der Waals surface area (Å²) in [6.07, 6.45) is 2.12. The lowest BCUT2D eigenvalue weighted by Crippen LogP contribution is -2.33. The van der Waals surface area contributed by atoms with Crippen LogP contribution in [0.5, 0.6) is 0 Å². The number of hydrogen-bond acceptors (Lipinski definition) is 4. The fourth-order valence-electron chi connectivity index (χ4n) is 1.55. The SMILES string of the molecule is CC(C)c1cc(N(C)C(C)CC(=N)N)ncn1. The van der Waals surface area contributed by atoms with Crippen LogP contribution in [0, 0.1) is 5.41 Å². The van der Waals surface area contributed by atoms with Crippen molar-refractivity contribution >= 4 is 11.7 Å². The van der Waals surface area contributed by atoms with E-state index in [1.54, 1.807) is 6.33 Å². The fourth-order valence-corrected chi connectivity index (χ4v) is 1.55. The zero-order valence-electron chi connectivity index (χ0n) is 10.9. The summed E-state index contributed by atoms with van der Waals surface area (Å²) < 4.78 is 0. The molecule has 0 amide bonds. The number of aromatic nitrogens is 2. The van der Waals surface area contributed by atoms with E-state index in [2.05, 4.69) is 23.8 Å². The quantitative estimate of drug-likeness (QED) is 0.602. The molecule has 0 spiro atoms. The van der Waals surface area contributed by atoms with Crippen molar-refractivity contribution in [2.75, 3.05) is 11.9 Å². The summed E-state index contributed by atoms with van der Waals surface area (Å²) in [4.78, 5) is 10.5. The number of anilines is 1. The Kier molecular flexibility index (Phi) is 4.43. The summed E-state index contributed by atoms with van der Waals surface area (Å²) >= 11 is 0. The maximum absolute atomic E-state index is 7.31. The molecule has 0 bridgehead atoms. The summed E-state index contributed by atoms with van der Waals surface area (Å²) in [7, 11) is 1.96. The highest BCUT2D eigenvalue weighted by Crippen LogP contribution is 2.18. The minimum atomic E-state index is 0.155. The smallest absolute Gasteiger partial charge is 0.132 e. The summed E-state index contributed by atoms with van der Waals surface area (Å²) in [5.74, 6) is 1.45. The molecule has 1 aromatic rings. The standard InChI is InChI=1S/C12H21N5/c1-8(2)10-6-12(16-7-15-10)17(4)9(3)5-11(13)14/h6-9H,5H2,1-4H3,(H3,13,14). The first-order valence-corrected chi connectivity index (χ1v) is 5.79. The maximum Gasteiger partial charge on any atom is 0.132 e. The van der Waals surface area contributed by atoms with Gasteiger partial charge in [-0.3, -0.25) is 5.41 Å². The minimum absolute atomic E-state index is 0.155. The van der Waals surface area contributed by atoms with Crippen LogP contribution < -0.4 is 10.6 Å². The molecular weight excluding hydrogens is 214 g/mol. The Bertz CT molecular complexity index is 388. The van der Waals surface area contributed by atoms with Crippen LogP contribution in [0.2, 0.25) is 0 Å². The topological polar surface area (TPSA) is 78.9 Å². The molecule has 0 aliphatic rings. The van der Waals surface area contributed by atoms with Crippen molar-refractivity contribution in [1.29, 1.82) is 5.41 Å². The van der Waals surface area contributed by atoms with Gasteiger partial charge in [-0.2, -0.15) is 0 Å². The van der Waals surface area contributed by atoms with E-state index in [-0.39, 0.29) is 11.9 Å². The lowest BCUT2D eigenvalue weighted by molar-refractivity contribution is 0.694. The Morgan fingerprint density at radius 3 is 2.59 bits per heavy atom. The van der Waals surface area contributed by atoms with Gasteiger partial charge in [-0.1, -0.05) is 13.8 Å². The second-order valence-corrected chi connectivity index (χ2v) is 4.65. The number of nitrogens with two attached hydrogens (primary N) is 1. The van der Waals surface area contributed by atoms with E-state index in [9.17, 15) is 0 Å². The van der Waals surface area contributed by atoms with Crippen molar-refractivity contribution in [3.05, 3.63) is 18.1 Å². The average Bonchev–Trinajstić information content (AvgIpc) is 2.27. The Morgan fingerprint density at radius 1 is 1.41 bits per heavy atom. The fraction of sp³-hybridized carbons (Fsp3) is 0.583. The summed E-state index contributed by atoms with van der Waals surface area (Å²) in [6, 6.07) is 2.14. The Balaban J connectivity index is 2.84. The van der Waals surface area contributed by atoms with Crippen molar-refractivity contribution in [2.24, 2.45) is 5.73 Å². The molecule has 0 aromatic carbocycles. The van der Waals surface area contributed by atoms with Gasteiger partial charge in [-0.05, 0) is 12.8 Å². The number of nitrogens with zero attached hydrogens (tertiary/aromatic N) is 3. The van der Waals surface area contributed by atoms with Crippen LogP contribution in [-0.2, 0) is 0 Å². The highest BCUT2D eigenvalue weighted by Gasteiger charge is 2.13. The van der Waals surface area contributed by atoms with Gasteiger partial charge < -0.3 is 10.6 Å². The van der Waals surface area contributed by atoms with Gasteiger partial charge in [0, 0.05) is 31.3 Å². The maximum atomic E-state index is 7.31. The van der Waals surface area contributed by atoms with Gasteiger partial charge in [0.15, 0.2) is 0 Å². The molecule has 17 heavy (non-hydrogen) atoms. The monoisotopic (exact) mass is 235 g/mol. The molecular formula is C12H21N5. The van der Waals surface area contributed by atoms with Crippen LogP contribution in [0.4, 0.5) is 5.82 Å². The number of rotatable bonds is 5. The zero-order chi connectivity index (χ0) is 13.0. The highest BCUT2D eigenvalue weighted by atomic mass is 15.2. The molecule has 1 heterocycles. The van der Waals surface area contributed by atoms with Gasteiger partial charge >= 0.3 is 0 Å². The van der Waals surface area contributed by atoms with Crippen LogP contribution in [0.15, 0.2) is 12.4 Å². The molecule has 1 unspecified atom stereocenters. The van der Waals surface area contributed by atoms with Crippen molar-refractivity contribution in [3.63, 3.8) is 0 Å². The largest absolute Gasteiger partial charge is 0.388 e. The minimum Gasteiger partial charge on any atom is -0.388 e. The normalized spacial score (nSPS) is 12.5. The molecule has 3 N–H and O–H groups in total. The van der Waals surface area contributed by atoms with Crippen molar-refractivity contribution in [3.8, 4) is 0 Å². The first kappa shape index (κ1) is 13.4. The van der Waals surface area contributed by atoms with Crippen LogP contribution >= 0.6 is 0 Å². The third-order valence-electron chi connectivity index (χ3n) is 2.80. The predicted octanol–water partition coefficient (Wildman–Crippen LogP) is 1.75. The lowest BCUT2D eigenvalue weighted by Gasteiger charge is -2.25. The number of amidine groups is 1. The molecule has 1 aromatic heterocycles. The number of hydrogen-bond donors (Lipinski definition) is 2. The second-order valence-electron chi connectivity index (χ2n) is 4.65. The zero-order valence-corrected chi connectivity index (χ0v) is 10.9. The van der Waals surface area contributed by atoms with Gasteiger partial charge in [-0.15, -0.1) is 0 Å². The molecule has 0 aliphatic carbocycles. The van der Waals surface area contributed by atoms with Crippen LogP contribution in [0.1, 0.15) is 38.8 Å². The third kappa shape index (κ3) is 3.69. The Hall–Kier alpha value is -1.65.